The number of aliphatic hydroxyl groups is 1. The number of nitrogens with one attached hydrogen (secondary N) is 1. The molecule has 186 valence electrons. The lowest BCUT2D eigenvalue weighted by Gasteiger charge is -2.21. The molecule has 7 heteroatoms. The van der Waals surface area contributed by atoms with E-state index in [1.807, 2.05) is 49.5 Å². The maximum absolute atomic E-state index is 12.9. The van der Waals surface area contributed by atoms with Gasteiger partial charge in [-0.1, -0.05) is 18.2 Å². The Balaban J connectivity index is 1.35. The van der Waals surface area contributed by atoms with Crippen molar-refractivity contribution in [3.05, 3.63) is 107 Å². The summed E-state index contributed by atoms with van der Waals surface area (Å²) < 4.78 is 0. The molecule has 0 fully saturated rings. The van der Waals surface area contributed by atoms with Crippen LogP contribution in [0.2, 0.25) is 0 Å². The van der Waals surface area contributed by atoms with Gasteiger partial charge in [0, 0.05) is 59.1 Å². The molecule has 0 radical (unpaired) electrons. The number of nitrogen functional groups attached to an aromatic ring is 1. The van der Waals surface area contributed by atoms with Gasteiger partial charge in [-0.15, -0.1) is 0 Å². The zero-order valence-corrected chi connectivity index (χ0v) is 21.1. The third-order valence-electron chi connectivity index (χ3n) is 6.42. The molecule has 2 aromatic carbocycles. The Hall–Kier alpha value is -4.36. The van der Waals surface area contributed by atoms with E-state index in [1.54, 1.807) is 32.3 Å². The van der Waals surface area contributed by atoms with Gasteiger partial charge in [0.2, 0.25) is 0 Å². The van der Waals surface area contributed by atoms with Crippen LogP contribution in [0.15, 0.2) is 73.2 Å². The van der Waals surface area contributed by atoms with Gasteiger partial charge >= 0.3 is 0 Å². The smallest absolute Gasteiger partial charge is 0.251 e. The number of fused-ring (bicyclic) bond motifs is 2. The molecule has 4 N–H and O–H groups in total. The normalized spacial score (nSPS) is 11.7. The lowest BCUT2D eigenvalue weighted by atomic mass is 9.91. The summed E-state index contributed by atoms with van der Waals surface area (Å²) in [7, 11) is 0. The van der Waals surface area contributed by atoms with Crippen LogP contribution >= 0.6 is 0 Å². The molecule has 0 unspecified atom stereocenters. The number of pyridine rings is 3. The molecule has 3 heterocycles. The topological polar surface area (TPSA) is 114 Å². The maximum atomic E-state index is 12.9. The van der Waals surface area contributed by atoms with E-state index in [0.29, 0.717) is 24.3 Å². The van der Waals surface area contributed by atoms with E-state index in [4.69, 9.17) is 5.73 Å². The summed E-state index contributed by atoms with van der Waals surface area (Å²) in [6.07, 6.45) is 5.66. The van der Waals surface area contributed by atoms with Crippen molar-refractivity contribution < 1.29 is 9.90 Å². The van der Waals surface area contributed by atoms with Crippen LogP contribution in [0.25, 0.3) is 21.7 Å². The number of anilines is 1. The van der Waals surface area contributed by atoms with Gasteiger partial charge in [-0.05, 0) is 79.2 Å². The zero-order valence-electron chi connectivity index (χ0n) is 21.1. The summed E-state index contributed by atoms with van der Waals surface area (Å²) in [5, 5.41) is 16.6. The second-order valence-electron chi connectivity index (χ2n) is 9.93. The summed E-state index contributed by atoms with van der Waals surface area (Å²) >= 11 is 0. The third kappa shape index (κ3) is 5.27. The fraction of sp³-hybridized carbons (Fsp3) is 0.200. The van der Waals surface area contributed by atoms with Crippen LogP contribution in [0.4, 0.5) is 5.82 Å². The summed E-state index contributed by atoms with van der Waals surface area (Å²) in [4.78, 5) is 26.1. The standard InChI is InChI=1S/C30H29N5O2/c1-18-10-23-12-20(14-26(30(2,3)37)27(23)34-16-18)13-24-15-22(7-8-32-24)29(36)35-17-19-4-5-25-21(11-19)6-9-33-28(25)31/h4-12,14-16,37H,13,17H2,1-3H3,(H2,31,33)(H,35,36). The SMILES string of the molecule is Cc1cnc2c(C(C)(C)O)cc(Cc3cc(C(=O)NCc4ccc5c(N)nccc5c4)ccn3)cc2c1. The van der Waals surface area contributed by atoms with Crippen molar-refractivity contribution in [1.82, 2.24) is 20.3 Å². The van der Waals surface area contributed by atoms with Gasteiger partial charge in [-0.3, -0.25) is 14.8 Å². The predicted molar refractivity (Wildman–Crippen MR) is 146 cm³/mol. The number of aromatic nitrogens is 3. The number of benzene rings is 2. The monoisotopic (exact) mass is 491 g/mol. The largest absolute Gasteiger partial charge is 0.386 e. The minimum absolute atomic E-state index is 0.173. The minimum Gasteiger partial charge on any atom is -0.386 e. The van der Waals surface area contributed by atoms with E-state index in [2.05, 4.69) is 32.4 Å². The van der Waals surface area contributed by atoms with E-state index < -0.39 is 5.60 Å². The Morgan fingerprint density at radius 3 is 2.54 bits per heavy atom. The van der Waals surface area contributed by atoms with Gasteiger partial charge in [-0.2, -0.15) is 0 Å². The van der Waals surface area contributed by atoms with Gasteiger partial charge in [0.15, 0.2) is 0 Å². The number of nitrogens with zero attached hydrogens (tertiary/aromatic N) is 3. The van der Waals surface area contributed by atoms with Crippen molar-refractivity contribution >= 4 is 33.4 Å². The van der Waals surface area contributed by atoms with Crippen LogP contribution in [-0.4, -0.2) is 26.0 Å². The first-order valence-electron chi connectivity index (χ1n) is 12.2. The lowest BCUT2D eigenvalue weighted by Crippen LogP contribution is -2.23. The molecule has 0 saturated carbocycles. The molecular formula is C30H29N5O2. The maximum Gasteiger partial charge on any atom is 0.251 e. The molecule has 0 saturated heterocycles. The Labute approximate surface area is 215 Å². The molecule has 7 nitrogen and oxygen atoms in total. The molecule has 5 aromatic rings. The minimum atomic E-state index is -1.04. The summed E-state index contributed by atoms with van der Waals surface area (Å²) in [6.45, 7) is 5.91. The van der Waals surface area contributed by atoms with Crippen molar-refractivity contribution in [2.24, 2.45) is 0 Å². The molecule has 3 aromatic heterocycles. The van der Waals surface area contributed by atoms with Crippen LogP contribution in [0.1, 0.15) is 52.2 Å². The van der Waals surface area contributed by atoms with Gasteiger partial charge in [0.05, 0.1) is 11.1 Å². The first-order valence-corrected chi connectivity index (χ1v) is 12.2. The zero-order chi connectivity index (χ0) is 26.2. The Kier molecular flexibility index (Phi) is 6.31. The van der Waals surface area contributed by atoms with Crippen molar-refractivity contribution in [2.75, 3.05) is 5.73 Å². The molecular weight excluding hydrogens is 462 g/mol. The first-order chi connectivity index (χ1) is 17.7. The quantitative estimate of drug-likeness (QED) is 0.314. The van der Waals surface area contributed by atoms with Crippen molar-refractivity contribution in [3.8, 4) is 0 Å². The average Bonchev–Trinajstić information content (AvgIpc) is 2.86. The highest BCUT2D eigenvalue weighted by atomic mass is 16.3. The number of nitrogens with two attached hydrogens (primary N) is 1. The van der Waals surface area contributed by atoms with Gasteiger partial charge in [0.25, 0.3) is 5.91 Å². The second kappa shape index (κ2) is 9.59. The van der Waals surface area contributed by atoms with Gasteiger partial charge in [0.1, 0.15) is 5.82 Å². The average molecular weight is 492 g/mol. The fourth-order valence-electron chi connectivity index (χ4n) is 4.56. The molecule has 0 bridgehead atoms. The summed E-state index contributed by atoms with van der Waals surface area (Å²) in [5.41, 5.74) is 10.8. The van der Waals surface area contributed by atoms with Gasteiger partial charge in [-0.25, -0.2) is 4.98 Å². The van der Waals surface area contributed by atoms with E-state index in [1.165, 1.54) is 0 Å². The number of hydrogen-bond acceptors (Lipinski definition) is 6. The van der Waals surface area contributed by atoms with Crippen LogP contribution in [0.3, 0.4) is 0 Å². The third-order valence-corrected chi connectivity index (χ3v) is 6.42. The summed E-state index contributed by atoms with van der Waals surface area (Å²) in [5.74, 6) is 0.318. The van der Waals surface area contributed by atoms with Crippen LogP contribution in [-0.2, 0) is 18.6 Å². The molecule has 0 atom stereocenters. The lowest BCUT2D eigenvalue weighted by molar-refractivity contribution is 0.0799. The highest BCUT2D eigenvalue weighted by Crippen LogP contribution is 2.30. The number of hydrogen-bond donors (Lipinski definition) is 3. The summed E-state index contributed by atoms with van der Waals surface area (Å²) in [6, 6.07) is 17.4. The van der Waals surface area contributed by atoms with Crippen LogP contribution < -0.4 is 11.1 Å². The number of carbonyl (C=O) groups is 1. The number of rotatable bonds is 6. The number of carbonyl (C=O) groups excluding carboxylic acids is 1. The Morgan fingerprint density at radius 1 is 0.946 bits per heavy atom. The fourth-order valence-corrected chi connectivity index (χ4v) is 4.56. The van der Waals surface area contributed by atoms with Crippen molar-refractivity contribution in [2.45, 2.75) is 39.3 Å². The van der Waals surface area contributed by atoms with Crippen molar-refractivity contribution in [3.63, 3.8) is 0 Å². The highest BCUT2D eigenvalue weighted by molar-refractivity contribution is 5.94. The van der Waals surface area contributed by atoms with Crippen LogP contribution in [0.5, 0.6) is 0 Å². The molecule has 5 rings (SSSR count). The van der Waals surface area contributed by atoms with Crippen LogP contribution in [0, 0.1) is 6.92 Å². The number of aryl methyl sites for hydroxylation is 1. The second-order valence-corrected chi connectivity index (χ2v) is 9.93. The van der Waals surface area contributed by atoms with E-state index in [0.717, 1.165) is 49.6 Å². The van der Waals surface area contributed by atoms with E-state index in [-0.39, 0.29) is 5.91 Å². The molecule has 1 amide bonds. The number of amides is 1. The molecule has 0 spiro atoms. The Bertz CT molecular complexity index is 1640. The van der Waals surface area contributed by atoms with E-state index in [9.17, 15) is 9.90 Å². The first kappa shape index (κ1) is 24.3. The van der Waals surface area contributed by atoms with Crippen molar-refractivity contribution in [1.29, 1.82) is 0 Å². The molecule has 0 aliphatic rings. The van der Waals surface area contributed by atoms with E-state index >= 15 is 0 Å². The molecule has 0 aliphatic heterocycles. The molecule has 37 heavy (non-hydrogen) atoms. The predicted octanol–water partition coefficient (Wildman–Crippen LogP) is 4.82. The van der Waals surface area contributed by atoms with Gasteiger partial charge < -0.3 is 16.2 Å². The molecule has 0 aliphatic carbocycles. The highest BCUT2D eigenvalue weighted by Gasteiger charge is 2.21. The Morgan fingerprint density at radius 2 is 1.73 bits per heavy atom.